The van der Waals surface area contributed by atoms with Crippen LogP contribution in [0.5, 0.6) is 0 Å². The molecule has 0 saturated heterocycles. The first-order chi connectivity index (χ1) is 8.13. The second-order valence-electron chi connectivity index (χ2n) is 5.13. The van der Waals surface area contributed by atoms with Gasteiger partial charge in [-0.1, -0.05) is 13.8 Å². The van der Waals surface area contributed by atoms with Crippen LogP contribution in [0.3, 0.4) is 0 Å². The molecule has 1 amide bonds. The Morgan fingerprint density at radius 1 is 1.24 bits per heavy atom. The predicted octanol–water partition coefficient (Wildman–Crippen LogP) is 2.57. The zero-order chi connectivity index (χ0) is 12.7. The van der Waals surface area contributed by atoms with E-state index >= 15 is 0 Å². The number of alkyl carbamates (subject to hydrolysis) is 1. The zero-order valence-corrected chi connectivity index (χ0v) is 11.2. The molecule has 17 heavy (non-hydrogen) atoms. The van der Waals surface area contributed by atoms with Crippen LogP contribution in [0.4, 0.5) is 4.79 Å². The lowest BCUT2D eigenvalue weighted by Crippen LogP contribution is -2.38. The van der Waals surface area contributed by atoms with Crippen LogP contribution in [-0.4, -0.2) is 32.5 Å². The van der Waals surface area contributed by atoms with Crippen molar-refractivity contribution in [3.63, 3.8) is 0 Å². The van der Waals surface area contributed by atoms with Crippen LogP contribution < -0.4 is 5.32 Å². The molecule has 1 aliphatic carbocycles. The van der Waals surface area contributed by atoms with Gasteiger partial charge in [0.1, 0.15) is 6.61 Å². The number of methoxy groups -OCH3 is 1. The molecule has 0 atom stereocenters. The summed E-state index contributed by atoms with van der Waals surface area (Å²) in [6.45, 7) is 5.33. The van der Waals surface area contributed by atoms with E-state index in [9.17, 15) is 4.79 Å². The fraction of sp³-hybridized carbons (Fsp3) is 0.923. The van der Waals surface area contributed by atoms with Gasteiger partial charge in [0.15, 0.2) is 0 Å². The van der Waals surface area contributed by atoms with Crippen molar-refractivity contribution >= 4 is 6.09 Å². The number of carbonyl (C=O) groups is 1. The fourth-order valence-corrected chi connectivity index (χ4v) is 2.36. The predicted molar refractivity (Wildman–Crippen MR) is 66.9 cm³/mol. The van der Waals surface area contributed by atoms with E-state index in [1.807, 2.05) is 0 Å². The van der Waals surface area contributed by atoms with Crippen molar-refractivity contribution in [2.75, 3.05) is 20.3 Å². The molecule has 0 aliphatic heterocycles. The SMILES string of the molecule is COCCOC(=O)NC1CCC(C(C)C)CC1. The Balaban J connectivity index is 2.15. The normalized spacial score (nSPS) is 24.7. The highest BCUT2D eigenvalue weighted by molar-refractivity contribution is 5.67. The first kappa shape index (κ1) is 14.3. The minimum atomic E-state index is -0.310. The van der Waals surface area contributed by atoms with Gasteiger partial charge in [0.05, 0.1) is 6.61 Å². The molecule has 1 fully saturated rings. The van der Waals surface area contributed by atoms with Gasteiger partial charge in [-0.3, -0.25) is 0 Å². The van der Waals surface area contributed by atoms with E-state index in [4.69, 9.17) is 9.47 Å². The van der Waals surface area contributed by atoms with Crippen molar-refractivity contribution in [1.82, 2.24) is 5.32 Å². The molecule has 1 aliphatic rings. The first-order valence-corrected chi connectivity index (χ1v) is 6.55. The van der Waals surface area contributed by atoms with Crippen LogP contribution in [0.15, 0.2) is 0 Å². The van der Waals surface area contributed by atoms with Crippen LogP contribution in [0, 0.1) is 11.8 Å². The van der Waals surface area contributed by atoms with E-state index in [0.717, 1.165) is 24.7 Å². The summed E-state index contributed by atoms with van der Waals surface area (Å²) in [5, 5.41) is 2.92. The van der Waals surface area contributed by atoms with Crippen molar-refractivity contribution in [3.05, 3.63) is 0 Å². The molecule has 0 heterocycles. The number of carbonyl (C=O) groups excluding carboxylic acids is 1. The Bertz CT molecular complexity index is 223. The van der Waals surface area contributed by atoms with E-state index in [1.165, 1.54) is 12.8 Å². The molecule has 0 unspecified atom stereocenters. The summed E-state index contributed by atoms with van der Waals surface area (Å²) in [7, 11) is 1.59. The van der Waals surface area contributed by atoms with Crippen molar-refractivity contribution < 1.29 is 14.3 Å². The lowest BCUT2D eigenvalue weighted by molar-refractivity contribution is 0.0938. The van der Waals surface area contributed by atoms with Gasteiger partial charge in [-0.25, -0.2) is 4.79 Å². The zero-order valence-electron chi connectivity index (χ0n) is 11.2. The Hall–Kier alpha value is -0.770. The largest absolute Gasteiger partial charge is 0.447 e. The summed E-state index contributed by atoms with van der Waals surface area (Å²) in [4.78, 5) is 11.4. The Labute approximate surface area is 104 Å². The molecular weight excluding hydrogens is 218 g/mol. The van der Waals surface area contributed by atoms with Crippen LogP contribution >= 0.6 is 0 Å². The number of rotatable bonds is 5. The maximum atomic E-state index is 11.4. The van der Waals surface area contributed by atoms with Gasteiger partial charge in [0, 0.05) is 13.2 Å². The van der Waals surface area contributed by atoms with Crippen molar-refractivity contribution in [2.24, 2.45) is 11.8 Å². The van der Waals surface area contributed by atoms with E-state index in [1.54, 1.807) is 7.11 Å². The minimum absolute atomic E-state index is 0.292. The van der Waals surface area contributed by atoms with Crippen LogP contribution in [0.25, 0.3) is 0 Å². The molecule has 1 saturated carbocycles. The smallest absolute Gasteiger partial charge is 0.407 e. The highest BCUT2D eigenvalue weighted by atomic mass is 16.6. The summed E-state index contributed by atoms with van der Waals surface area (Å²) in [6, 6.07) is 0.292. The second kappa shape index (κ2) is 7.54. The molecular formula is C13H25NO3. The summed E-state index contributed by atoms with van der Waals surface area (Å²) >= 11 is 0. The topological polar surface area (TPSA) is 47.6 Å². The van der Waals surface area contributed by atoms with Crippen LogP contribution in [-0.2, 0) is 9.47 Å². The van der Waals surface area contributed by atoms with Crippen LogP contribution in [0.2, 0.25) is 0 Å². The summed E-state index contributed by atoms with van der Waals surface area (Å²) in [6.07, 6.45) is 4.25. The second-order valence-corrected chi connectivity index (χ2v) is 5.13. The summed E-state index contributed by atoms with van der Waals surface area (Å²) in [5.41, 5.74) is 0. The molecule has 0 radical (unpaired) electrons. The number of hydrogen-bond donors (Lipinski definition) is 1. The van der Waals surface area contributed by atoms with Crippen LogP contribution in [0.1, 0.15) is 39.5 Å². The number of ether oxygens (including phenoxy) is 2. The third-order valence-electron chi connectivity index (χ3n) is 3.56. The summed E-state index contributed by atoms with van der Waals surface area (Å²) < 4.78 is 9.80. The fourth-order valence-electron chi connectivity index (χ4n) is 2.36. The molecule has 4 nitrogen and oxygen atoms in total. The van der Waals surface area contributed by atoms with E-state index < -0.39 is 0 Å². The highest BCUT2D eigenvalue weighted by Gasteiger charge is 2.24. The molecule has 0 aromatic heterocycles. The van der Waals surface area contributed by atoms with Gasteiger partial charge in [0.25, 0.3) is 0 Å². The average Bonchev–Trinajstić information content (AvgIpc) is 2.30. The average molecular weight is 243 g/mol. The molecule has 0 spiro atoms. The van der Waals surface area contributed by atoms with Gasteiger partial charge in [0.2, 0.25) is 0 Å². The van der Waals surface area contributed by atoms with Gasteiger partial charge in [-0.15, -0.1) is 0 Å². The maximum absolute atomic E-state index is 11.4. The molecule has 0 aromatic rings. The minimum Gasteiger partial charge on any atom is -0.447 e. The summed E-state index contributed by atoms with van der Waals surface area (Å²) in [5.74, 6) is 1.57. The number of nitrogens with one attached hydrogen (secondary N) is 1. The molecule has 100 valence electrons. The first-order valence-electron chi connectivity index (χ1n) is 6.55. The van der Waals surface area contributed by atoms with Crippen molar-refractivity contribution in [3.8, 4) is 0 Å². The molecule has 0 bridgehead atoms. The third-order valence-corrected chi connectivity index (χ3v) is 3.56. The molecule has 1 N–H and O–H groups in total. The highest BCUT2D eigenvalue weighted by Crippen LogP contribution is 2.29. The van der Waals surface area contributed by atoms with Gasteiger partial charge in [-0.2, -0.15) is 0 Å². The third kappa shape index (κ3) is 5.39. The lowest BCUT2D eigenvalue weighted by atomic mass is 9.80. The van der Waals surface area contributed by atoms with E-state index in [0.29, 0.717) is 19.3 Å². The number of amides is 1. The number of hydrogen-bond acceptors (Lipinski definition) is 3. The molecule has 1 rings (SSSR count). The maximum Gasteiger partial charge on any atom is 0.407 e. The van der Waals surface area contributed by atoms with Crippen molar-refractivity contribution in [2.45, 2.75) is 45.6 Å². The standard InChI is InChI=1S/C13H25NO3/c1-10(2)11-4-6-12(7-5-11)14-13(15)17-9-8-16-3/h10-12H,4-9H2,1-3H3,(H,14,15). The van der Waals surface area contributed by atoms with Crippen molar-refractivity contribution in [1.29, 1.82) is 0 Å². The Morgan fingerprint density at radius 2 is 1.88 bits per heavy atom. The lowest BCUT2D eigenvalue weighted by Gasteiger charge is -2.31. The van der Waals surface area contributed by atoms with Gasteiger partial charge >= 0.3 is 6.09 Å². The Kier molecular flexibility index (Phi) is 6.34. The van der Waals surface area contributed by atoms with E-state index in [-0.39, 0.29) is 6.09 Å². The monoisotopic (exact) mass is 243 g/mol. The van der Waals surface area contributed by atoms with E-state index in [2.05, 4.69) is 19.2 Å². The van der Waals surface area contributed by atoms with Gasteiger partial charge < -0.3 is 14.8 Å². The Morgan fingerprint density at radius 3 is 2.41 bits per heavy atom. The molecule has 4 heteroatoms. The quantitative estimate of drug-likeness (QED) is 0.755. The van der Waals surface area contributed by atoms with Gasteiger partial charge in [-0.05, 0) is 37.5 Å². The molecule has 0 aromatic carbocycles.